The molecule has 1 rings (SSSR count). The molecule has 0 saturated carbocycles. The van der Waals surface area contributed by atoms with Crippen molar-refractivity contribution in [1.29, 1.82) is 0 Å². The van der Waals surface area contributed by atoms with Gasteiger partial charge in [-0.2, -0.15) is 0 Å². The molecule has 1 aliphatic heterocycles. The van der Waals surface area contributed by atoms with Gasteiger partial charge in [-0.05, 0) is 18.8 Å². The van der Waals surface area contributed by atoms with Gasteiger partial charge in [0.25, 0.3) is 0 Å². The van der Waals surface area contributed by atoms with Crippen LogP contribution in [0.1, 0.15) is 19.8 Å². The fraction of sp³-hybridized carbons (Fsp3) is 1.00. The van der Waals surface area contributed by atoms with E-state index in [2.05, 4.69) is 6.92 Å². The van der Waals surface area contributed by atoms with Crippen molar-refractivity contribution in [3.63, 3.8) is 0 Å². The molecular weight excluding hydrogens is 204 g/mol. The molecule has 1 aliphatic rings. The molecule has 2 unspecified atom stereocenters. The number of aliphatic hydroxyl groups excluding tert-OH is 1. The summed E-state index contributed by atoms with van der Waals surface area (Å²) in [6.07, 6.45) is 2.18. The monoisotopic (exact) mass is 222 g/mol. The lowest BCUT2D eigenvalue weighted by Crippen LogP contribution is -2.25. The van der Waals surface area contributed by atoms with E-state index >= 15 is 0 Å². The van der Waals surface area contributed by atoms with Gasteiger partial charge in [0.2, 0.25) is 0 Å². The molecule has 1 N–H and O–H groups in total. The van der Waals surface area contributed by atoms with E-state index in [4.69, 9.17) is 9.84 Å². The van der Waals surface area contributed by atoms with E-state index in [-0.39, 0.29) is 0 Å². The van der Waals surface area contributed by atoms with Crippen molar-refractivity contribution in [1.82, 2.24) is 0 Å². The van der Waals surface area contributed by atoms with Gasteiger partial charge < -0.3 is 9.84 Å². The summed E-state index contributed by atoms with van der Waals surface area (Å²) in [6.45, 7) is 4.38. The number of hydrogen-bond acceptors (Lipinski definition) is 4. The standard InChI is InChI=1S/C9H18O2S2/c1-8-5-9(7-11-6-8)13-12-4-2-3-10/h8-10H,2-7H2,1H3. The first-order valence-electron chi connectivity index (χ1n) is 4.79. The van der Waals surface area contributed by atoms with E-state index in [9.17, 15) is 0 Å². The first kappa shape index (κ1) is 11.7. The third kappa shape index (κ3) is 5.15. The van der Waals surface area contributed by atoms with Gasteiger partial charge in [0.1, 0.15) is 0 Å². The van der Waals surface area contributed by atoms with Gasteiger partial charge in [-0.1, -0.05) is 28.5 Å². The Morgan fingerprint density at radius 1 is 1.46 bits per heavy atom. The lowest BCUT2D eigenvalue weighted by atomic mass is 10.1. The van der Waals surface area contributed by atoms with Gasteiger partial charge >= 0.3 is 0 Å². The van der Waals surface area contributed by atoms with Crippen molar-refractivity contribution in [2.75, 3.05) is 25.6 Å². The Hall–Kier alpha value is 0.620. The first-order chi connectivity index (χ1) is 6.33. The topological polar surface area (TPSA) is 29.5 Å². The summed E-state index contributed by atoms with van der Waals surface area (Å²) in [5.41, 5.74) is 0. The Morgan fingerprint density at radius 3 is 3.00 bits per heavy atom. The lowest BCUT2D eigenvalue weighted by Gasteiger charge is -2.25. The third-order valence-electron chi connectivity index (χ3n) is 1.96. The van der Waals surface area contributed by atoms with Crippen molar-refractivity contribution in [2.24, 2.45) is 5.92 Å². The molecule has 1 heterocycles. The third-order valence-corrected chi connectivity index (χ3v) is 4.88. The van der Waals surface area contributed by atoms with Crippen LogP contribution >= 0.6 is 21.6 Å². The van der Waals surface area contributed by atoms with E-state index in [0.29, 0.717) is 17.8 Å². The zero-order valence-corrected chi connectivity index (χ0v) is 9.70. The fourth-order valence-electron chi connectivity index (χ4n) is 1.32. The van der Waals surface area contributed by atoms with Crippen LogP contribution < -0.4 is 0 Å². The van der Waals surface area contributed by atoms with Crippen LogP contribution in [0.4, 0.5) is 0 Å². The van der Waals surface area contributed by atoms with Crippen LogP contribution in [0.25, 0.3) is 0 Å². The molecule has 78 valence electrons. The van der Waals surface area contributed by atoms with Crippen LogP contribution in [-0.2, 0) is 4.74 Å². The second-order valence-corrected chi connectivity index (χ2v) is 6.28. The Bertz CT molecular complexity index is 133. The van der Waals surface area contributed by atoms with Gasteiger partial charge in [0, 0.05) is 24.2 Å². The molecule has 13 heavy (non-hydrogen) atoms. The van der Waals surface area contributed by atoms with Crippen LogP contribution in [-0.4, -0.2) is 35.9 Å². The van der Waals surface area contributed by atoms with Crippen LogP contribution in [0.15, 0.2) is 0 Å². The largest absolute Gasteiger partial charge is 0.396 e. The number of aliphatic hydroxyl groups is 1. The summed E-state index contributed by atoms with van der Waals surface area (Å²) in [5.74, 6) is 1.76. The predicted molar refractivity (Wildman–Crippen MR) is 60.1 cm³/mol. The molecule has 0 aromatic carbocycles. The molecule has 0 bridgehead atoms. The van der Waals surface area contributed by atoms with Crippen molar-refractivity contribution < 1.29 is 9.84 Å². The minimum atomic E-state index is 0.311. The van der Waals surface area contributed by atoms with Crippen molar-refractivity contribution >= 4 is 21.6 Å². The van der Waals surface area contributed by atoms with Crippen molar-refractivity contribution in [3.05, 3.63) is 0 Å². The van der Waals surface area contributed by atoms with E-state index in [1.54, 1.807) is 0 Å². The summed E-state index contributed by atoms with van der Waals surface area (Å²) >= 11 is 0. The van der Waals surface area contributed by atoms with Gasteiger partial charge in [-0.15, -0.1) is 0 Å². The quantitative estimate of drug-likeness (QED) is 0.570. The fourth-order valence-corrected chi connectivity index (χ4v) is 4.04. The van der Waals surface area contributed by atoms with E-state index in [1.807, 2.05) is 21.6 Å². The maximum absolute atomic E-state index is 8.60. The molecule has 0 amide bonds. The Labute approximate surface area is 88.2 Å². The normalized spacial score (nSPS) is 29.1. The SMILES string of the molecule is CC1COCC(SSCCCO)C1. The zero-order valence-electron chi connectivity index (χ0n) is 8.07. The van der Waals surface area contributed by atoms with Crippen molar-refractivity contribution in [2.45, 2.75) is 25.0 Å². The van der Waals surface area contributed by atoms with Crippen LogP contribution in [0.2, 0.25) is 0 Å². The van der Waals surface area contributed by atoms with Gasteiger partial charge in [0.15, 0.2) is 0 Å². The van der Waals surface area contributed by atoms with Gasteiger partial charge in [-0.25, -0.2) is 0 Å². The van der Waals surface area contributed by atoms with Crippen LogP contribution in [0.5, 0.6) is 0 Å². The zero-order chi connectivity index (χ0) is 9.52. The number of hydrogen-bond donors (Lipinski definition) is 1. The molecule has 2 atom stereocenters. The van der Waals surface area contributed by atoms with Crippen LogP contribution in [0.3, 0.4) is 0 Å². The summed E-state index contributed by atoms with van der Waals surface area (Å²) in [7, 11) is 3.78. The maximum atomic E-state index is 8.60. The summed E-state index contributed by atoms with van der Waals surface area (Å²) in [4.78, 5) is 0. The number of rotatable bonds is 5. The van der Waals surface area contributed by atoms with Gasteiger partial charge in [-0.3, -0.25) is 0 Å². The highest BCUT2D eigenvalue weighted by atomic mass is 33.1. The minimum absolute atomic E-state index is 0.311. The molecule has 2 nitrogen and oxygen atoms in total. The highest BCUT2D eigenvalue weighted by Gasteiger charge is 2.19. The van der Waals surface area contributed by atoms with Gasteiger partial charge in [0.05, 0.1) is 6.61 Å². The molecule has 4 heteroatoms. The van der Waals surface area contributed by atoms with E-state index in [0.717, 1.165) is 25.4 Å². The lowest BCUT2D eigenvalue weighted by molar-refractivity contribution is 0.0665. The predicted octanol–water partition coefficient (Wildman–Crippen LogP) is 2.18. The Morgan fingerprint density at radius 2 is 2.31 bits per heavy atom. The highest BCUT2D eigenvalue weighted by molar-refractivity contribution is 8.76. The number of ether oxygens (including phenoxy) is 1. The molecular formula is C9H18O2S2. The summed E-state index contributed by atoms with van der Waals surface area (Å²) in [5, 5.41) is 9.26. The minimum Gasteiger partial charge on any atom is -0.396 e. The average Bonchev–Trinajstić information content (AvgIpc) is 2.13. The van der Waals surface area contributed by atoms with E-state index < -0.39 is 0 Å². The molecule has 0 aliphatic carbocycles. The summed E-state index contributed by atoms with van der Waals surface area (Å²) in [6, 6.07) is 0. The second-order valence-electron chi connectivity index (χ2n) is 3.50. The maximum Gasteiger partial charge on any atom is 0.0593 e. The molecule has 1 fully saturated rings. The molecule has 0 aromatic rings. The smallest absolute Gasteiger partial charge is 0.0593 e. The van der Waals surface area contributed by atoms with E-state index in [1.165, 1.54) is 6.42 Å². The molecule has 0 radical (unpaired) electrons. The molecule has 0 aromatic heterocycles. The van der Waals surface area contributed by atoms with Crippen LogP contribution in [0, 0.1) is 5.92 Å². The average molecular weight is 222 g/mol. The Kier molecular flexibility index (Phi) is 6.28. The Balaban J connectivity index is 2.00. The second kappa shape index (κ2) is 6.98. The molecule has 1 saturated heterocycles. The van der Waals surface area contributed by atoms with Crippen molar-refractivity contribution in [3.8, 4) is 0 Å². The summed E-state index contributed by atoms with van der Waals surface area (Å²) < 4.78 is 5.47. The first-order valence-corrected chi connectivity index (χ1v) is 7.18. The molecule has 0 spiro atoms. The highest BCUT2D eigenvalue weighted by Crippen LogP contribution is 2.33.